The Morgan fingerprint density at radius 2 is 1.90 bits per heavy atom. The lowest BCUT2D eigenvalue weighted by Gasteiger charge is -2.10. The van der Waals surface area contributed by atoms with Gasteiger partial charge in [0.2, 0.25) is 5.76 Å². The Hall–Kier alpha value is -3.33. The second-order valence-electron chi connectivity index (χ2n) is 5.71. The van der Waals surface area contributed by atoms with Crippen molar-refractivity contribution in [1.29, 1.82) is 0 Å². The molecular formula is C19H12ClF3N2O4. The van der Waals surface area contributed by atoms with Crippen molar-refractivity contribution in [3.63, 3.8) is 0 Å². The average molecular weight is 425 g/mol. The van der Waals surface area contributed by atoms with Gasteiger partial charge in [-0.15, -0.1) is 0 Å². The van der Waals surface area contributed by atoms with Crippen LogP contribution in [0.15, 0.2) is 59.3 Å². The first kappa shape index (κ1) is 20.4. The van der Waals surface area contributed by atoms with Gasteiger partial charge in [0.1, 0.15) is 0 Å². The van der Waals surface area contributed by atoms with E-state index >= 15 is 0 Å². The van der Waals surface area contributed by atoms with Crippen LogP contribution in [0.25, 0.3) is 11.1 Å². The van der Waals surface area contributed by atoms with E-state index in [1.807, 2.05) is 6.07 Å². The summed E-state index contributed by atoms with van der Waals surface area (Å²) in [5.41, 5.74) is 0.153. The number of benzene rings is 1. The first-order valence-corrected chi connectivity index (χ1v) is 8.46. The monoisotopic (exact) mass is 424 g/mol. The van der Waals surface area contributed by atoms with E-state index in [0.29, 0.717) is 17.8 Å². The quantitative estimate of drug-likeness (QED) is 0.594. The predicted octanol–water partition coefficient (Wildman–Crippen LogP) is 4.81. The molecule has 1 N–H and O–H groups in total. The molecule has 0 aliphatic carbocycles. The van der Waals surface area contributed by atoms with Gasteiger partial charge in [-0.05, 0) is 17.7 Å². The van der Waals surface area contributed by atoms with Crippen LogP contribution in [-0.4, -0.2) is 23.5 Å². The molecule has 2 aromatic heterocycles. The van der Waals surface area contributed by atoms with Gasteiger partial charge in [-0.3, -0.25) is 4.79 Å². The summed E-state index contributed by atoms with van der Waals surface area (Å²) in [6.45, 7) is -0.715. The van der Waals surface area contributed by atoms with Crippen LogP contribution in [0.1, 0.15) is 16.1 Å². The minimum absolute atomic E-state index is 0.0883. The van der Waals surface area contributed by atoms with E-state index in [9.17, 15) is 22.8 Å². The number of nitrogens with one attached hydrogen (secondary N) is 1. The van der Waals surface area contributed by atoms with Crippen LogP contribution in [0, 0.1) is 0 Å². The summed E-state index contributed by atoms with van der Waals surface area (Å²) in [6.07, 6.45) is -2.78. The van der Waals surface area contributed by atoms with Gasteiger partial charge >= 0.3 is 12.1 Å². The third kappa shape index (κ3) is 4.94. The maximum Gasteiger partial charge on any atom is 0.417 e. The van der Waals surface area contributed by atoms with Gasteiger partial charge in [0, 0.05) is 11.8 Å². The molecular weight excluding hydrogens is 413 g/mol. The van der Waals surface area contributed by atoms with Crippen molar-refractivity contribution in [1.82, 2.24) is 4.98 Å². The minimum Gasteiger partial charge on any atom is -0.457 e. The summed E-state index contributed by atoms with van der Waals surface area (Å²) in [6, 6.07) is 11.1. The largest absolute Gasteiger partial charge is 0.457 e. The zero-order valence-corrected chi connectivity index (χ0v) is 15.3. The van der Waals surface area contributed by atoms with Crippen LogP contribution in [0.2, 0.25) is 5.02 Å². The lowest BCUT2D eigenvalue weighted by atomic mass is 10.1. The van der Waals surface area contributed by atoms with Gasteiger partial charge in [0.05, 0.1) is 16.8 Å². The molecule has 2 heterocycles. The molecule has 1 amide bonds. The molecule has 10 heteroatoms. The van der Waals surface area contributed by atoms with Crippen molar-refractivity contribution in [2.45, 2.75) is 6.18 Å². The average Bonchev–Trinajstić information content (AvgIpc) is 3.17. The number of nitrogens with zero attached hydrogens (tertiary/aromatic N) is 1. The van der Waals surface area contributed by atoms with Crippen LogP contribution < -0.4 is 5.32 Å². The first-order valence-electron chi connectivity index (χ1n) is 8.08. The number of hydrogen-bond donors (Lipinski definition) is 1. The normalized spacial score (nSPS) is 11.2. The van der Waals surface area contributed by atoms with Crippen molar-refractivity contribution in [3.05, 3.63) is 71.3 Å². The fraction of sp³-hybridized carbons (Fsp3) is 0.105. The third-order valence-corrected chi connectivity index (χ3v) is 3.98. The van der Waals surface area contributed by atoms with E-state index in [1.54, 1.807) is 30.3 Å². The molecule has 6 nitrogen and oxygen atoms in total. The molecule has 3 aromatic rings. The number of anilines is 1. The molecule has 0 aliphatic rings. The summed E-state index contributed by atoms with van der Waals surface area (Å²) in [4.78, 5) is 27.6. The summed E-state index contributed by atoms with van der Waals surface area (Å²) < 4.78 is 47.9. The number of ether oxygens (including phenoxy) is 1. The Kier molecular flexibility index (Phi) is 5.88. The molecule has 0 aliphatic heterocycles. The van der Waals surface area contributed by atoms with Gasteiger partial charge in [-0.25, -0.2) is 9.78 Å². The number of aromatic nitrogens is 1. The summed E-state index contributed by atoms with van der Waals surface area (Å²) in [5.74, 6) is -2.09. The lowest BCUT2D eigenvalue weighted by Crippen LogP contribution is -2.22. The standard InChI is InChI=1S/C19H12ClF3N2O4/c20-14-8-12(19(21,22)23)9-24-17(14)25-15(26)10-29-18(27)16-13(6-7-28-16)11-4-2-1-3-5-11/h1-9H,10H2,(H,24,25,26). The van der Waals surface area contributed by atoms with E-state index in [4.69, 9.17) is 20.8 Å². The minimum atomic E-state index is -4.62. The smallest absolute Gasteiger partial charge is 0.417 e. The molecule has 0 saturated heterocycles. The van der Waals surface area contributed by atoms with Crippen molar-refractivity contribution >= 4 is 29.3 Å². The molecule has 0 unspecified atom stereocenters. The number of rotatable bonds is 5. The predicted molar refractivity (Wildman–Crippen MR) is 97.3 cm³/mol. The van der Waals surface area contributed by atoms with E-state index < -0.39 is 35.2 Å². The second-order valence-corrected chi connectivity index (χ2v) is 6.11. The second kappa shape index (κ2) is 8.36. The van der Waals surface area contributed by atoms with E-state index in [0.717, 1.165) is 5.56 Å². The van der Waals surface area contributed by atoms with Crippen LogP contribution in [0.5, 0.6) is 0 Å². The molecule has 0 fully saturated rings. The number of carbonyl (C=O) groups excluding carboxylic acids is 2. The highest BCUT2D eigenvalue weighted by molar-refractivity contribution is 6.33. The molecule has 29 heavy (non-hydrogen) atoms. The fourth-order valence-corrected chi connectivity index (χ4v) is 2.58. The Balaban J connectivity index is 1.62. The van der Waals surface area contributed by atoms with Gasteiger partial charge in [-0.2, -0.15) is 13.2 Å². The van der Waals surface area contributed by atoms with Gasteiger partial charge in [-0.1, -0.05) is 41.9 Å². The molecule has 0 saturated carbocycles. The molecule has 0 radical (unpaired) electrons. The fourth-order valence-electron chi connectivity index (χ4n) is 2.36. The highest BCUT2D eigenvalue weighted by Crippen LogP contribution is 2.32. The number of halogens is 4. The number of esters is 1. The molecule has 0 spiro atoms. The van der Waals surface area contributed by atoms with Crippen LogP contribution in [0.4, 0.5) is 19.0 Å². The Morgan fingerprint density at radius 1 is 1.17 bits per heavy atom. The van der Waals surface area contributed by atoms with E-state index in [-0.39, 0.29) is 11.6 Å². The number of alkyl halides is 3. The van der Waals surface area contributed by atoms with Gasteiger partial charge in [0.15, 0.2) is 12.4 Å². The van der Waals surface area contributed by atoms with Crippen molar-refractivity contribution < 1.29 is 31.9 Å². The first-order chi connectivity index (χ1) is 13.8. The van der Waals surface area contributed by atoms with Gasteiger partial charge in [0.25, 0.3) is 5.91 Å². The number of pyridine rings is 1. The molecule has 1 aromatic carbocycles. The maximum atomic E-state index is 12.6. The van der Waals surface area contributed by atoms with Gasteiger partial charge < -0.3 is 14.5 Å². The SMILES string of the molecule is O=C(COC(=O)c1occc1-c1ccccc1)Nc1ncc(C(F)(F)F)cc1Cl. The van der Waals surface area contributed by atoms with Crippen LogP contribution in [0.3, 0.4) is 0 Å². The summed E-state index contributed by atoms with van der Waals surface area (Å²) in [7, 11) is 0. The number of furan rings is 1. The van der Waals surface area contributed by atoms with Crippen LogP contribution in [-0.2, 0) is 15.7 Å². The topological polar surface area (TPSA) is 81.4 Å². The van der Waals surface area contributed by atoms with Crippen molar-refractivity contribution in [2.24, 2.45) is 0 Å². The Labute approximate surface area is 167 Å². The number of hydrogen-bond acceptors (Lipinski definition) is 5. The maximum absolute atomic E-state index is 12.6. The molecule has 3 rings (SSSR count). The molecule has 0 bridgehead atoms. The number of carbonyl (C=O) groups is 2. The van der Waals surface area contributed by atoms with Crippen LogP contribution >= 0.6 is 11.6 Å². The van der Waals surface area contributed by atoms with Crippen molar-refractivity contribution in [3.8, 4) is 11.1 Å². The number of amides is 1. The Morgan fingerprint density at radius 3 is 2.55 bits per heavy atom. The van der Waals surface area contributed by atoms with E-state index in [1.165, 1.54) is 6.26 Å². The molecule has 0 atom stereocenters. The highest BCUT2D eigenvalue weighted by atomic mass is 35.5. The van der Waals surface area contributed by atoms with E-state index in [2.05, 4.69) is 10.3 Å². The highest BCUT2D eigenvalue weighted by Gasteiger charge is 2.31. The third-order valence-electron chi connectivity index (χ3n) is 3.70. The summed E-state index contributed by atoms with van der Waals surface area (Å²) >= 11 is 5.71. The Bertz CT molecular complexity index is 1040. The zero-order chi connectivity index (χ0) is 21.0. The van der Waals surface area contributed by atoms with Crippen molar-refractivity contribution in [2.75, 3.05) is 11.9 Å². The lowest BCUT2D eigenvalue weighted by molar-refractivity contribution is -0.137. The molecule has 150 valence electrons. The zero-order valence-electron chi connectivity index (χ0n) is 14.5. The summed E-state index contributed by atoms with van der Waals surface area (Å²) in [5, 5.41) is 1.77.